The van der Waals surface area contributed by atoms with Gasteiger partial charge in [-0.05, 0) is 5.56 Å². The summed E-state index contributed by atoms with van der Waals surface area (Å²) in [5, 5.41) is 69.6. The summed E-state index contributed by atoms with van der Waals surface area (Å²) >= 11 is 0. The van der Waals surface area contributed by atoms with Crippen molar-refractivity contribution in [2.75, 3.05) is 13.2 Å². The molecule has 9 atom stereocenters. The SMILES string of the molecule is O=C(OCc1ccccc1)C1O[C@H](O[C@]2(CO)O[C@H](CO)C(O)[C@H]2O)C(O)[C@@H](O)[C@H]1O. The highest BCUT2D eigenvalue weighted by atomic mass is 16.8. The summed E-state index contributed by atoms with van der Waals surface area (Å²) in [5.41, 5.74) is 0.653. The van der Waals surface area contributed by atoms with Crippen LogP contribution in [0, 0.1) is 0 Å². The summed E-state index contributed by atoms with van der Waals surface area (Å²) in [6.45, 7) is -1.90. The van der Waals surface area contributed by atoms with Crippen LogP contribution in [0.25, 0.3) is 0 Å². The molecular formula is C19H26O12. The molecule has 0 spiro atoms. The van der Waals surface area contributed by atoms with Crippen LogP contribution in [0.1, 0.15) is 5.56 Å². The van der Waals surface area contributed by atoms with Gasteiger partial charge in [-0.25, -0.2) is 4.79 Å². The van der Waals surface area contributed by atoms with Crippen molar-refractivity contribution in [3.8, 4) is 0 Å². The average Bonchev–Trinajstić information content (AvgIpc) is 3.03. The Hall–Kier alpha value is -1.71. The van der Waals surface area contributed by atoms with Crippen LogP contribution < -0.4 is 0 Å². The van der Waals surface area contributed by atoms with E-state index in [1.165, 1.54) is 0 Å². The fourth-order valence-electron chi connectivity index (χ4n) is 3.42. The highest BCUT2D eigenvalue weighted by Crippen LogP contribution is 2.36. The number of ether oxygens (including phenoxy) is 4. The number of benzene rings is 1. The highest BCUT2D eigenvalue weighted by molar-refractivity contribution is 5.75. The van der Waals surface area contributed by atoms with E-state index in [0.29, 0.717) is 5.56 Å². The fraction of sp³-hybridized carbons (Fsp3) is 0.632. The molecule has 2 fully saturated rings. The molecule has 3 unspecified atom stereocenters. The van der Waals surface area contributed by atoms with Crippen molar-refractivity contribution in [2.24, 2.45) is 0 Å². The molecule has 2 saturated heterocycles. The molecule has 2 aliphatic rings. The Bertz CT molecular complexity index is 732. The van der Waals surface area contributed by atoms with Gasteiger partial charge in [0, 0.05) is 0 Å². The molecule has 3 rings (SSSR count). The predicted octanol–water partition coefficient (Wildman–Crippen LogP) is -3.64. The summed E-state index contributed by atoms with van der Waals surface area (Å²) in [6, 6.07) is 8.63. The van der Waals surface area contributed by atoms with Crippen LogP contribution in [0.4, 0.5) is 0 Å². The lowest BCUT2D eigenvalue weighted by atomic mass is 9.98. The molecule has 174 valence electrons. The maximum absolute atomic E-state index is 12.4. The average molecular weight is 446 g/mol. The number of rotatable bonds is 7. The van der Waals surface area contributed by atoms with Gasteiger partial charge in [0.15, 0.2) is 12.4 Å². The van der Waals surface area contributed by atoms with E-state index in [-0.39, 0.29) is 6.61 Å². The summed E-state index contributed by atoms with van der Waals surface area (Å²) in [7, 11) is 0. The summed E-state index contributed by atoms with van der Waals surface area (Å²) in [5.74, 6) is -3.39. The van der Waals surface area contributed by atoms with Gasteiger partial charge in [0.05, 0.1) is 6.61 Å². The van der Waals surface area contributed by atoms with Gasteiger partial charge >= 0.3 is 5.97 Å². The number of carbonyl (C=O) groups is 1. The van der Waals surface area contributed by atoms with Crippen molar-refractivity contribution in [1.82, 2.24) is 0 Å². The Morgan fingerprint density at radius 1 is 0.968 bits per heavy atom. The Morgan fingerprint density at radius 2 is 1.65 bits per heavy atom. The maximum Gasteiger partial charge on any atom is 0.338 e. The second-order valence-electron chi connectivity index (χ2n) is 7.35. The lowest BCUT2D eigenvalue weighted by molar-refractivity contribution is -0.379. The quantitative estimate of drug-likeness (QED) is 0.203. The Morgan fingerprint density at radius 3 is 2.23 bits per heavy atom. The van der Waals surface area contributed by atoms with Crippen LogP contribution in [0.2, 0.25) is 0 Å². The molecule has 1 aromatic rings. The normalized spacial score (nSPS) is 40.6. The van der Waals surface area contributed by atoms with Gasteiger partial charge in [-0.2, -0.15) is 0 Å². The van der Waals surface area contributed by atoms with Crippen LogP contribution >= 0.6 is 0 Å². The van der Waals surface area contributed by atoms with Gasteiger partial charge in [-0.1, -0.05) is 30.3 Å². The van der Waals surface area contributed by atoms with Gasteiger partial charge in [0.2, 0.25) is 5.79 Å². The lowest BCUT2D eigenvalue weighted by Gasteiger charge is -2.42. The van der Waals surface area contributed by atoms with E-state index in [9.17, 15) is 40.5 Å². The van der Waals surface area contributed by atoms with E-state index in [1.54, 1.807) is 30.3 Å². The largest absolute Gasteiger partial charge is 0.459 e. The molecule has 0 bridgehead atoms. The molecular weight excluding hydrogens is 420 g/mol. The Labute approximate surface area is 176 Å². The highest BCUT2D eigenvalue weighted by Gasteiger charge is 2.59. The third-order valence-corrected chi connectivity index (χ3v) is 5.25. The molecule has 0 radical (unpaired) electrons. The summed E-state index contributed by atoms with van der Waals surface area (Å²) in [4.78, 5) is 12.4. The molecule has 0 amide bonds. The third kappa shape index (κ3) is 4.73. The van der Waals surface area contributed by atoms with Crippen LogP contribution in [0.3, 0.4) is 0 Å². The third-order valence-electron chi connectivity index (χ3n) is 5.25. The smallest absolute Gasteiger partial charge is 0.338 e. The molecule has 31 heavy (non-hydrogen) atoms. The van der Waals surface area contributed by atoms with Crippen molar-refractivity contribution >= 4 is 5.97 Å². The zero-order valence-corrected chi connectivity index (χ0v) is 16.3. The minimum atomic E-state index is -2.33. The molecule has 0 aromatic heterocycles. The number of carbonyl (C=O) groups excluding carboxylic acids is 1. The van der Waals surface area contributed by atoms with Gasteiger partial charge in [-0.15, -0.1) is 0 Å². The lowest BCUT2D eigenvalue weighted by Crippen LogP contribution is -2.63. The number of aliphatic hydroxyl groups is 7. The van der Waals surface area contributed by atoms with Crippen LogP contribution in [-0.4, -0.2) is 110 Å². The topological polar surface area (TPSA) is 196 Å². The van der Waals surface area contributed by atoms with Crippen molar-refractivity contribution in [3.05, 3.63) is 35.9 Å². The van der Waals surface area contributed by atoms with Crippen LogP contribution in [-0.2, 0) is 30.3 Å². The van der Waals surface area contributed by atoms with E-state index >= 15 is 0 Å². The van der Waals surface area contributed by atoms with Crippen molar-refractivity contribution < 1.29 is 59.5 Å². The first-order valence-corrected chi connectivity index (χ1v) is 9.57. The van der Waals surface area contributed by atoms with Crippen molar-refractivity contribution in [1.29, 1.82) is 0 Å². The molecule has 1 aromatic carbocycles. The second-order valence-corrected chi connectivity index (χ2v) is 7.35. The molecule has 2 heterocycles. The van der Waals surface area contributed by atoms with Crippen LogP contribution in [0.15, 0.2) is 30.3 Å². The minimum absolute atomic E-state index is 0.150. The minimum Gasteiger partial charge on any atom is -0.459 e. The number of esters is 1. The Balaban J connectivity index is 1.72. The van der Waals surface area contributed by atoms with E-state index in [4.69, 9.17) is 18.9 Å². The first-order valence-electron chi connectivity index (χ1n) is 9.57. The van der Waals surface area contributed by atoms with Gasteiger partial charge < -0.3 is 54.7 Å². The number of hydrogen-bond acceptors (Lipinski definition) is 12. The van der Waals surface area contributed by atoms with E-state index in [1.807, 2.05) is 0 Å². The van der Waals surface area contributed by atoms with Gasteiger partial charge in [0.1, 0.15) is 49.8 Å². The molecule has 0 saturated carbocycles. The standard InChI is InChI=1S/C19H26O12/c20-6-10-11(22)16(26)19(8-21,30-10)31-18-14(25)12(23)13(24)15(29-18)17(27)28-7-9-4-2-1-3-5-9/h1-5,10-16,18,20-26H,6-8H2/t10-,11?,12+,13-,14?,15?,16-,18-,19+/m1/s1. The first-order chi connectivity index (χ1) is 14.7. The van der Waals surface area contributed by atoms with Gasteiger partial charge in [0.25, 0.3) is 0 Å². The summed E-state index contributed by atoms with van der Waals surface area (Å²) < 4.78 is 20.9. The van der Waals surface area contributed by atoms with Crippen LogP contribution in [0.5, 0.6) is 0 Å². The van der Waals surface area contributed by atoms with E-state index in [2.05, 4.69) is 0 Å². The second kappa shape index (κ2) is 9.83. The van der Waals surface area contributed by atoms with Crippen molar-refractivity contribution in [3.63, 3.8) is 0 Å². The molecule has 0 aliphatic carbocycles. The molecule has 12 heteroatoms. The Kier molecular flexibility index (Phi) is 7.59. The first kappa shape index (κ1) is 23.9. The summed E-state index contributed by atoms with van der Waals surface area (Å²) in [6.07, 6.45) is -14.2. The zero-order valence-electron chi connectivity index (χ0n) is 16.3. The number of aliphatic hydroxyl groups excluding tert-OH is 7. The number of hydrogen-bond donors (Lipinski definition) is 7. The maximum atomic E-state index is 12.4. The van der Waals surface area contributed by atoms with Gasteiger partial charge in [-0.3, -0.25) is 0 Å². The zero-order chi connectivity index (χ0) is 22.8. The predicted molar refractivity (Wildman–Crippen MR) is 97.8 cm³/mol. The molecule has 2 aliphatic heterocycles. The van der Waals surface area contributed by atoms with E-state index < -0.39 is 74.0 Å². The molecule has 7 N–H and O–H groups in total. The van der Waals surface area contributed by atoms with E-state index in [0.717, 1.165) is 0 Å². The molecule has 12 nitrogen and oxygen atoms in total. The fourth-order valence-corrected chi connectivity index (χ4v) is 3.42. The van der Waals surface area contributed by atoms with Crippen molar-refractivity contribution in [2.45, 2.75) is 61.4 Å². The monoisotopic (exact) mass is 446 g/mol.